The Kier molecular flexibility index (Phi) is 5.04. The first-order valence-electron chi connectivity index (χ1n) is 8.50. The molecule has 4 heterocycles. The minimum atomic E-state index is 0.542. The smallest absolute Gasteiger partial charge is 0.257 e. The van der Waals surface area contributed by atoms with Crippen LogP contribution in [-0.2, 0) is 19.2 Å². The first-order valence-corrected chi connectivity index (χ1v) is 10.3. The quantitative estimate of drug-likeness (QED) is 0.451. The fraction of sp³-hybridized carbons (Fsp3) is 0.278. The number of aryl methyl sites for hydroxylation is 2. The Balaban J connectivity index is 1.47. The third kappa shape index (κ3) is 3.65. The molecule has 0 aromatic carbocycles. The topological polar surface area (TPSA) is 82.5 Å². The predicted molar refractivity (Wildman–Crippen MR) is 106 cm³/mol. The zero-order chi connectivity index (χ0) is 18.8. The molecule has 4 aromatic rings. The third-order valence-corrected chi connectivity index (χ3v) is 6.49. The highest BCUT2D eigenvalue weighted by molar-refractivity contribution is 7.98. The van der Waals surface area contributed by atoms with Crippen LogP contribution in [0.2, 0.25) is 0 Å². The Bertz CT molecular complexity index is 1050. The summed E-state index contributed by atoms with van der Waals surface area (Å²) in [6.07, 6.45) is 4.50. The zero-order valence-electron chi connectivity index (χ0n) is 15.2. The monoisotopic (exact) mass is 398 g/mol. The van der Waals surface area contributed by atoms with Crippen LogP contribution < -0.4 is 0 Å². The third-order valence-electron chi connectivity index (χ3n) is 4.12. The minimum absolute atomic E-state index is 0.542. The lowest BCUT2D eigenvalue weighted by Gasteiger charge is -2.02. The van der Waals surface area contributed by atoms with E-state index in [0.29, 0.717) is 17.5 Å². The highest BCUT2D eigenvalue weighted by Crippen LogP contribution is 2.32. The number of aromatic nitrogens is 6. The molecule has 0 atom stereocenters. The van der Waals surface area contributed by atoms with Crippen molar-refractivity contribution < 1.29 is 4.42 Å². The second-order valence-electron chi connectivity index (χ2n) is 5.96. The number of pyridine rings is 1. The van der Waals surface area contributed by atoms with Gasteiger partial charge in [0.05, 0.1) is 10.6 Å². The number of hydrogen-bond donors (Lipinski definition) is 0. The Morgan fingerprint density at radius 1 is 1.15 bits per heavy atom. The lowest BCUT2D eigenvalue weighted by atomic mass is 10.2. The van der Waals surface area contributed by atoms with E-state index < -0.39 is 0 Å². The standard InChI is InChI=1S/C18H18N6OS2/c1-4-13-11(2)9-14(27-13)17-22-20-15(25-17)10-26-18-23-21-16(24(18)3)12-5-7-19-8-6-12/h5-9H,4,10H2,1-3H3. The Hall–Kier alpha value is -2.52. The molecule has 0 unspecified atom stereocenters. The van der Waals surface area contributed by atoms with Crippen molar-refractivity contribution in [3.63, 3.8) is 0 Å². The summed E-state index contributed by atoms with van der Waals surface area (Å²) in [6, 6.07) is 5.93. The summed E-state index contributed by atoms with van der Waals surface area (Å²) in [6.45, 7) is 4.26. The molecule has 0 bridgehead atoms. The Morgan fingerprint density at radius 2 is 1.96 bits per heavy atom. The molecule has 4 rings (SSSR count). The first-order chi connectivity index (χ1) is 13.2. The maximum Gasteiger partial charge on any atom is 0.257 e. The molecule has 0 amide bonds. The van der Waals surface area contributed by atoms with Crippen molar-refractivity contribution in [3.8, 4) is 22.2 Å². The van der Waals surface area contributed by atoms with Crippen LogP contribution in [0.1, 0.15) is 23.3 Å². The van der Waals surface area contributed by atoms with E-state index in [1.54, 1.807) is 23.7 Å². The van der Waals surface area contributed by atoms with E-state index in [-0.39, 0.29) is 0 Å². The van der Waals surface area contributed by atoms with E-state index in [1.165, 1.54) is 22.2 Å². The van der Waals surface area contributed by atoms with E-state index in [2.05, 4.69) is 45.3 Å². The Labute approximate surface area is 164 Å². The van der Waals surface area contributed by atoms with Crippen LogP contribution in [-0.4, -0.2) is 29.9 Å². The van der Waals surface area contributed by atoms with Crippen molar-refractivity contribution in [3.05, 3.63) is 46.9 Å². The van der Waals surface area contributed by atoms with Gasteiger partial charge in [0.15, 0.2) is 11.0 Å². The van der Waals surface area contributed by atoms with Crippen molar-refractivity contribution >= 4 is 23.1 Å². The van der Waals surface area contributed by atoms with E-state index in [1.807, 2.05) is 23.7 Å². The molecule has 4 aromatic heterocycles. The van der Waals surface area contributed by atoms with Crippen LogP contribution >= 0.6 is 23.1 Å². The van der Waals surface area contributed by atoms with Gasteiger partial charge >= 0.3 is 0 Å². The molecule has 0 saturated carbocycles. The van der Waals surface area contributed by atoms with Gasteiger partial charge in [-0.25, -0.2) is 0 Å². The van der Waals surface area contributed by atoms with Gasteiger partial charge in [-0.15, -0.1) is 31.7 Å². The molecule has 0 N–H and O–H groups in total. The highest BCUT2D eigenvalue weighted by atomic mass is 32.2. The molecule has 7 nitrogen and oxygen atoms in total. The molecule has 0 fully saturated rings. The minimum Gasteiger partial charge on any atom is -0.419 e. The second kappa shape index (κ2) is 7.61. The zero-order valence-corrected chi connectivity index (χ0v) is 16.8. The summed E-state index contributed by atoms with van der Waals surface area (Å²) < 4.78 is 7.79. The number of nitrogens with zero attached hydrogens (tertiary/aromatic N) is 6. The molecular formula is C18H18N6OS2. The summed E-state index contributed by atoms with van der Waals surface area (Å²) in [5.74, 6) is 2.49. The average molecular weight is 399 g/mol. The van der Waals surface area contributed by atoms with Crippen molar-refractivity contribution in [2.24, 2.45) is 7.05 Å². The average Bonchev–Trinajstić information content (AvgIpc) is 3.39. The molecule has 0 saturated heterocycles. The summed E-state index contributed by atoms with van der Waals surface area (Å²) in [5.41, 5.74) is 2.25. The van der Waals surface area contributed by atoms with Gasteiger partial charge in [0.2, 0.25) is 5.89 Å². The van der Waals surface area contributed by atoms with E-state index in [4.69, 9.17) is 4.42 Å². The highest BCUT2D eigenvalue weighted by Gasteiger charge is 2.15. The molecule has 0 radical (unpaired) electrons. The van der Waals surface area contributed by atoms with Crippen LogP contribution in [0.5, 0.6) is 0 Å². The van der Waals surface area contributed by atoms with Crippen LogP contribution in [0.25, 0.3) is 22.2 Å². The van der Waals surface area contributed by atoms with Gasteiger partial charge in [-0.2, -0.15) is 0 Å². The fourth-order valence-electron chi connectivity index (χ4n) is 2.71. The second-order valence-corrected chi connectivity index (χ2v) is 8.04. The number of thiophene rings is 1. The predicted octanol–water partition coefficient (Wildman–Crippen LogP) is 4.15. The molecule has 138 valence electrons. The maximum atomic E-state index is 5.84. The number of thioether (sulfide) groups is 1. The van der Waals surface area contributed by atoms with E-state index in [9.17, 15) is 0 Å². The lowest BCUT2D eigenvalue weighted by Crippen LogP contribution is -1.95. The lowest BCUT2D eigenvalue weighted by molar-refractivity contribution is 0.529. The van der Waals surface area contributed by atoms with Crippen molar-refractivity contribution in [1.82, 2.24) is 29.9 Å². The van der Waals surface area contributed by atoms with Crippen molar-refractivity contribution in [2.75, 3.05) is 0 Å². The van der Waals surface area contributed by atoms with Gasteiger partial charge in [-0.3, -0.25) is 4.98 Å². The molecular weight excluding hydrogens is 380 g/mol. The SMILES string of the molecule is CCc1sc(-c2nnc(CSc3nnc(-c4ccncc4)n3C)o2)cc1C. The van der Waals surface area contributed by atoms with Crippen molar-refractivity contribution in [2.45, 2.75) is 31.2 Å². The normalized spacial score (nSPS) is 11.2. The Morgan fingerprint density at radius 3 is 2.70 bits per heavy atom. The molecule has 27 heavy (non-hydrogen) atoms. The molecule has 0 spiro atoms. The van der Waals surface area contributed by atoms with Crippen LogP contribution in [0.15, 0.2) is 40.2 Å². The van der Waals surface area contributed by atoms with Crippen LogP contribution in [0.4, 0.5) is 0 Å². The van der Waals surface area contributed by atoms with Crippen LogP contribution in [0, 0.1) is 6.92 Å². The number of hydrogen-bond acceptors (Lipinski definition) is 8. The van der Waals surface area contributed by atoms with Crippen LogP contribution in [0.3, 0.4) is 0 Å². The summed E-state index contributed by atoms with van der Waals surface area (Å²) >= 11 is 3.23. The van der Waals surface area contributed by atoms with Gasteiger partial charge in [-0.05, 0) is 37.1 Å². The largest absolute Gasteiger partial charge is 0.419 e. The summed E-state index contributed by atoms with van der Waals surface area (Å²) in [7, 11) is 1.94. The maximum absolute atomic E-state index is 5.84. The molecule has 9 heteroatoms. The van der Waals surface area contributed by atoms with E-state index in [0.717, 1.165) is 27.8 Å². The van der Waals surface area contributed by atoms with Gasteiger partial charge in [-0.1, -0.05) is 18.7 Å². The molecule has 0 aliphatic rings. The number of rotatable bonds is 6. The molecule has 0 aliphatic carbocycles. The van der Waals surface area contributed by atoms with Gasteiger partial charge in [0.25, 0.3) is 5.89 Å². The summed E-state index contributed by atoms with van der Waals surface area (Å²) in [4.78, 5) is 6.40. The van der Waals surface area contributed by atoms with E-state index >= 15 is 0 Å². The molecule has 0 aliphatic heterocycles. The van der Waals surface area contributed by atoms with Crippen molar-refractivity contribution in [1.29, 1.82) is 0 Å². The van der Waals surface area contributed by atoms with Gasteiger partial charge in [0.1, 0.15) is 0 Å². The van der Waals surface area contributed by atoms with Gasteiger partial charge < -0.3 is 8.98 Å². The fourth-order valence-corrected chi connectivity index (χ4v) is 4.49. The summed E-state index contributed by atoms with van der Waals surface area (Å²) in [5, 5.41) is 17.7. The first kappa shape index (κ1) is 17.9. The van der Waals surface area contributed by atoms with Gasteiger partial charge in [0, 0.05) is 29.9 Å².